The quantitative estimate of drug-likeness (QED) is 0.732. The highest BCUT2D eigenvalue weighted by Gasteiger charge is 2.24. The van der Waals surface area contributed by atoms with Crippen molar-refractivity contribution in [3.8, 4) is 11.3 Å². The minimum absolute atomic E-state index is 0.385. The number of anilines is 2. The molecule has 1 saturated heterocycles. The third-order valence-electron chi connectivity index (χ3n) is 6.04. The van der Waals surface area contributed by atoms with Crippen LogP contribution < -0.4 is 11.1 Å². The molecule has 3 N–H and O–H groups in total. The normalized spacial score (nSPS) is 17.8. The van der Waals surface area contributed by atoms with Crippen LogP contribution in [0.3, 0.4) is 0 Å². The van der Waals surface area contributed by atoms with E-state index < -0.39 is 0 Å². The molecule has 28 heavy (non-hydrogen) atoms. The van der Waals surface area contributed by atoms with Crippen LogP contribution in [0.15, 0.2) is 30.3 Å². The van der Waals surface area contributed by atoms with Crippen LogP contribution in [0.4, 0.5) is 11.8 Å². The van der Waals surface area contributed by atoms with E-state index in [1.165, 1.54) is 11.1 Å². The minimum atomic E-state index is 0.385. The average molecular weight is 374 g/mol. The first-order valence-corrected chi connectivity index (χ1v) is 10.2. The summed E-state index contributed by atoms with van der Waals surface area (Å²) in [6, 6.07) is 10.8. The van der Waals surface area contributed by atoms with E-state index in [4.69, 9.17) is 15.7 Å². The highest BCUT2D eigenvalue weighted by molar-refractivity contribution is 5.93. The molecule has 2 aromatic heterocycles. The second-order valence-electron chi connectivity index (χ2n) is 7.99. The van der Waals surface area contributed by atoms with Crippen LogP contribution in [-0.4, -0.2) is 46.0 Å². The van der Waals surface area contributed by atoms with Crippen molar-refractivity contribution in [2.24, 2.45) is 0 Å². The van der Waals surface area contributed by atoms with Crippen LogP contribution in [0.1, 0.15) is 30.4 Å². The molecule has 3 aromatic rings. The number of fused-ring (bicyclic) bond motifs is 3. The van der Waals surface area contributed by atoms with Gasteiger partial charge in [0.1, 0.15) is 5.82 Å². The molecule has 0 bridgehead atoms. The fraction of sp³-hybridized carbons (Fsp3) is 0.409. The molecule has 144 valence electrons. The van der Waals surface area contributed by atoms with Gasteiger partial charge in [-0.3, -0.25) is 0 Å². The highest BCUT2D eigenvalue weighted by atomic mass is 15.2. The van der Waals surface area contributed by atoms with Gasteiger partial charge in [-0.2, -0.15) is 9.97 Å². The van der Waals surface area contributed by atoms with Gasteiger partial charge >= 0.3 is 0 Å². The maximum Gasteiger partial charge on any atom is 0.226 e. The Bertz CT molecular complexity index is 1010. The largest absolute Gasteiger partial charge is 0.383 e. The first-order chi connectivity index (χ1) is 13.7. The van der Waals surface area contributed by atoms with E-state index in [-0.39, 0.29) is 0 Å². The number of benzene rings is 1. The summed E-state index contributed by atoms with van der Waals surface area (Å²) in [6.45, 7) is 2.18. The van der Waals surface area contributed by atoms with Gasteiger partial charge in [-0.1, -0.05) is 30.3 Å². The molecular formula is C22H26N6. The maximum atomic E-state index is 6.41. The Balaban J connectivity index is 1.58. The van der Waals surface area contributed by atoms with Crippen LogP contribution >= 0.6 is 0 Å². The molecule has 0 saturated carbocycles. The lowest BCUT2D eigenvalue weighted by Crippen LogP contribution is -2.37. The zero-order valence-corrected chi connectivity index (χ0v) is 16.3. The second kappa shape index (κ2) is 7.02. The molecule has 0 radical (unpaired) electrons. The predicted octanol–water partition coefficient (Wildman–Crippen LogP) is 3.27. The lowest BCUT2D eigenvalue weighted by molar-refractivity contribution is 0.263. The fourth-order valence-electron chi connectivity index (χ4n) is 4.53. The second-order valence-corrected chi connectivity index (χ2v) is 7.99. The van der Waals surface area contributed by atoms with Crippen molar-refractivity contribution < 1.29 is 0 Å². The van der Waals surface area contributed by atoms with E-state index in [9.17, 15) is 0 Å². The predicted molar refractivity (Wildman–Crippen MR) is 113 cm³/mol. The molecule has 5 rings (SSSR count). The van der Waals surface area contributed by atoms with Gasteiger partial charge in [0.25, 0.3) is 0 Å². The van der Waals surface area contributed by atoms with Gasteiger partial charge in [-0.05, 0) is 63.4 Å². The van der Waals surface area contributed by atoms with Crippen molar-refractivity contribution in [1.29, 1.82) is 0 Å². The summed E-state index contributed by atoms with van der Waals surface area (Å²) in [7, 11) is 2.16. The fourth-order valence-corrected chi connectivity index (χ4v) is 4.53. The number of pyridine rings is 1. The molecule has 1 aliphatic carbocycles. The number of nitrogens with zero attached hydrogens (tertiary/aromatic N) is 4. The van der Waals surface area contributed by atoms with Crippen LogP contribution in [0, 0.1) is 0 Å². The topological polar surface area (TPSA) is 80.0 Å². The van der Waals surface area contributed by atoms with Crippen molar-refractivity contribution >= 4 is 22.8 Å². The van der Waals surface area contributed by atoms with Crippen molar-refractivity contribution in [3.63, 3.8) is 0 Å². The summed E-state index contributed by atoms with van der Waals surface area (Å²) in [6.07, 6.45) is 5.36. The molecule has 1 aromatic carbocycles. The molecule has 0 amide bonds. The van der Waals surface area contributed by atoms with Crippen molar-refractivity contribution in [3.05, 3.63) is 41.5 Å². The lowest BCUT2D eigenvalue weighted by Gasteiger charge is -2.29. The standard InChI is InChI=1S/C22H26N6/c1-28-12-10-15(11-13-28)24-22-26-20(23)18-16-8-5-9-17(16)19(25-21(18)27-22)14-6-3-2-4-7-14/h2-4,6-7,15H,5,8-13H2,1H3,(H3,23,24,25,26,27). The summed E-state index contributed by atoms with van der Waals surface area (Å²) >= 11 is 0. The van der Waals surface area contributed by atoms with E-state index >= 15 is 0 Å². The number of aromatic nitrogens is 3. The zero-order valence-electron chi connectivity index (χ0n) is 16.3. The smallest absolute Gasteiger partial charge is 0.226 e. The molecule has 0 atom stereocenters. The van der Waals surface area contributed by atoms with E-state index in [2.05, 4.69) is 46.5 Å². The van der Waals surface area contributed by atoms with Gasteiger partial charge < -0.3 is 16.0 Å². The third-order valence-corrected chi connectivity index (χ3v) is 6.04. The molecule has 6 heteroatoms. The van der Waals surface area contributed by atoms with Crippen molar-refractivity contribution in [1.82, 2.24) is 19.9 Å². The van der Waals surface area contributed by atoms with Gasteiger partial charge in [-0.25, -0.2) is 4.98 Å². The Morgan fingerprint density at radius 1 is 1.00 bits per heavy atom. The molecule has 6 nitrogen and oxygen atoms in total. The van der Waals surface area contributed by atoms with Gasteiger partial charge in [0.2, 0.25) is 5.95 Å². The number of piperidine rings is 1. The van der Waals surface area contributed by atoms with Gasteiger partial charge in [0, 0.05) is 11.6 Å². The number of aryl methyl sites for hydroxylation is 1. The number of nitrogen functional groups attached to an aromatic ring is 1. The molecule has 1 aliphatic heterocycles. The summed E-state index contributed by atoms with van der Waals surface area (Å²) < 4.78 is 0. The Labute approximate surface area is 165 Å². The number of hydrogen-bond acceptors (Lipinski definition) is 6. The SMILES string of the molecule is CN1CCC(Nc2nc(N)c3c4c(c(-c5ccccc5)nc3n2)CCC4)CC1. The number of nitrogens with one attached hydrogen (secondary N) is 1. The van der Waals surface area contributed by atoms with Crippen molar-refractivity contribution in [2.45, 2.75) is 38.1 Å². The first-order valence-electron chi connectivity index (χ1n) is 10.2. The molecule has 0 unspecified atom stereocenters. The van der Waals surface area contributed by atoms with E-state index in [0.717, 1.165) is 61.8 Å². The minimum Gasteiger partial charge on any atom is -0.383 e. The molecule has 1 fully saturated rings. The van der Waals surface area contributed by atoms with Crippen LogP contribution in [0.5, 0.6) is 0 Å². The Morgan fingerprint density at radius 3 is 2.54 bits per heavy atom. The van der Waals surface area contributed by atoms with Crippen LogP contribution in [0.2, 0.25) is 0 Å². The van der Waals surface area contributed by atoms with Crippen molar-refractivity contribution in [2.75, 3.05) is 31.2 Å². The first kappa shape index (κ1) is 17.4. The van der Waals surface area contributed by atoms with Crippen LogP contribution in [-0.2, 0) is 12.8 Å². The summed E-state index contributed by atoms with van der Waals surface area (Å²) in [5.74, 6) is 1.15. The highest BCUT2D eigenvalue weighted by Crippen LogP contribution is 2.37. The summed E-state index contributed by atoms with van der Waals surface area (Å²) in [5, 5.41) is 4.44. The Kier molecular flexibility index (Phi) is 4.36. The average Bonchev–Trinajstić information content (AvgIpc) is 3.19. The van der Waals surface area contributed by atoms with E-state index in [0.29, 0.717) is 23.5 Å². The van der Waals surface area contributed by atoms with E-state index in [1.807, 2.05) is 6.07 Å². The Hall–Kier alpha value is -2.73. The maximum absolute atomic E-state index is 6.41. The van der Waals surface area contributed by atoms with Gasteiger partial charge in [0.05, 0.1) is 11.1 Å². The number of rotatable bonds is 3. The lowest BCUT2D eigenvalue weighted by atomic mass is 10.0. The number of hydrogen-bond donors (Lipinski definition) is 2. The molecular weight excluding hydrogens is 348 g/mol. The number of likely N-dealkylation sites (tertiary alicyclic amines) is 1. The van der Waals surface area contributed by atoms with Crippen LogP contribution in [0.25, 0.3) is 22.3 Å². The van der Waals surface area contributed by atoms with Gasteiger partial charge in [-0.15, -0.1) is 0 Å². The number of nitrogens with two attached hydrogens (primary N) is 1. The molecule has 3 heterocycles. The Morgan fingerprint density at radius 2 is 1.75 bits per heavy atom. The summed E-state index contributed by atoms with van der Waals surface area (Å²) in [5.41, 5.74) is 11.9. The van der Waals surface area contributed by atoms with E-state index in [1.54, 1.807) is 0 Å². The molecule has 2 aliphatic rings. The summed E-state index contributed by atoms with van der Waals surface area (Å²) in [4.78, 5) is 16.7. The zero-order chi connectivity index (χ0) is 19.1. The molecule has 0 spiro atoms. The third kappa shape index (κ3) is 3.07. The monoisotopic (exact) mass is 374 g/mol. The van der Waals surface area contributed by atoms with Gasteiger partial charge in [0.15, 0.2) is 5.65 Å².